The van der Waals surface area contributed by atoms with Gasteiger partial charge in [-0.15, -0.1) is 11.3 Å². The number of furan rings is 1. The number of nitrogens with zero attached hydrogens (tertiary/aromatic N) is 4. The van der Waals surface area contributed by atoms with Crippen LogP contribution in [0.1, 0.15) is 0 Å². The first-order chi connectivity index (χ1) is 28.2. The van der Waals surface area contributed by atoms with E-state index in [1.165, 1.54) is 42.0 Å². The third-order valence-electron chi connectivity index (χ3n) is 11.0. The molecular formula is C51H30N4OS. The van der Waals surface area contributed by atoms with Crippen LogP contribution in [-0.2, 0) is 0 Å². The Morgan fingerprint density at radius 3 is 1.79 bits per heavy atom. The molecule has 0 aliphatic rings. The molecule has 12 aromatic rings. The average molecular weight is 747 g/mol. The quantitative estimate of drug-likeness (QED) is 0.176. The van der Waals surface area contributed by atoms with E-state index in [4.69, 9.17) is 19.4 Å². The fourth-order valence-corrected chi connectivity index (χ4v) is 9.52. The summed E-state index contributed by atoms with van der Waals surface area (Å²) in [4.78, 5) is 14.8. The Morgan fingerprint density at radius 1 is 0.386 bits per heavy atom. The minimum Gasteiger partial charge on any atom is -0.456 e. The average Bonchev–Trinajstić information content (AvgIpc) is 3.94. The predicted octanol–water partition coefficient (Wildman–Crippen LogP) is 13.9. The lowest BCUT2D eigenvalue weighted by molar-refractivity contribution is 0.669. The molecule has 0 aliphatic heterocycles. The largest absolute Gasteiger partial charge is 0.456 e. The number of hydrogen-bond acceptors (Lipinski definition) is 5. The molecule has 12 rings (SSSR count). The van der Waals surface area contributed by atoms with Crippen molar-refractivity contribution in [3.8, 4) is 51.0 Å². The Hall–Kier alpha value is -7.41. The van der Waals surface area contributed by atoms with E-state index in [-0.39, 0.29) is 0 Å². The van der Waals surface area contributed by atoms with Crippen LogP contribution in [-0.4, -0.2) is 19.5 Å². The minimum atomic E-state index is 0.595. The summed E-state index contributed by atoms with van der Waals surface area (Å²) in [5, 5.41) is 7.18. The smallest absolute Gasteiger partial charge is 0.164 e. The lowest BCUT2D eigenvalue weighted by atomic mass is 9.97. The molecule has 0 N–H and O–H groups in total. The molecular weight excluding hydrogens is 717 g/mol. The third kappa shape index (κ3) is 5.12. The molecule has 6 heteroatoms. The van der Waals surface area contributed by atoms with Crippen molar-refractivity contribution in [2.24, 2.45) is 0 Å². The van der Waals surface area contributed by atoms with E-state index in [0.717, 1.165) is 55.4 Å². The number of benzene rings is 8. The van der Waals surface area contributed by atoms with Crippen LogP contribution in [0.4, 0.5) is 0 Å². The Bertz CT molecular complexity index is 3460. The third-order valence-corrected chi connectivity index (χ3v) is 12.2. The molecule has 0 bridgehead atoms. The van der Waals surface area contributed by atoms with Crippen molar-refractivity contribution in [3.63, 3.8) is 0 Å². The van der Waals surface area contributed by atoms with Gasteiger partial charge >= 0.3 is 0 Å². The Morgan fingerprint density at radius 2 is 1.04 bits per heavy atom. The minimum absolute atomic E-state index is 0.595. The molecule has 0 unspecified atom stereocenters. The molecule has 57 heavy (non-hydrogen) atoms. The van der Waals surface area contributed by atoms with Gasteiger partial charge in [-0.2, -0.15) is 0 Å². The van der Waals surface area contributed by atoms with Crippen LogP contribution in [0.2, 0.25) is 0 Å². The van der Waals surface area contributed by atoms with Gasteiger partial charge < -0.3 is 8.98 Å². The maximum absolute atomic E-state index is 6.63. The normalized spacial score (nSPS) is 11.9. The lowest BCUT2D eigenvalue weighted by Gasteiger charge is -2.09. The zero-order valence-corrected chi connectivity index (χ0v) is 31.2. The molecule has 4 heterocycles. The summed E-state index contributed by atoms with van der Waals surface area (Å²) in [7, 11) is 0. The fourth-order valence-electron chi connectivity index (χ4n) is 8.40. The van der Waals surface area contributed by atoms with Gasteiger partial charge in [-0.3, -0.25) is 0 Å². The van der Waals surface area contributed by atoms with Gasteiger partial charge in [0.05, 0.1) is 11.0 Å². The number of hydrogen-bond donors (Lipinski definition) is 0. The molecule has 0 saturated heterocycles. The van der Waals surface area contributed by atoms with Gasteiger partial charge in [0.2, 0.25) is 0 Å². The van der Waals surface area contributed by atoms with Crippen LogP contribution in [0.25, 0.3) is 115 Å². The summed E-state index contributed by atoms with van der Waals surface area (Å²) >= 11 is 1.86. The Kier molecular flexibility index (Phi) is 7.03. The highest BCUT2D eigenvalue weighted by Gasteiger charge is 2.20. The van der Waals surface area contributed by atoms with Crippen molar-refractivity contribution in [1.29, 1.82) is 0 Å². The van der Waals surface area contributed by atoms with Crippen molar-refractivity contribution in [2.45, 2.75) is 0 Å². The summed E-state index contributed by atoms with van der Waals surface area (Å²) in [6.45, 7) is 0. The van der Waals surface area contributed by atoms with Crippen molar-refractivity contribution < 1.29 is 4.42 Å². The number of thiophene rings is 1. The molecule has 0 fully saturated rings. The first kappa shape index (κ1) is 31.9. The molecule has 8 aromatic carbocycles. The van der Waals surface area contributed by atoms with Gasteiger partial charge in [0.25, 0.3) is 0 Å². The van der Waals surface area contributed by atoms with E-state index in [1.54, 1.807) is 0 Å². The maximum Gasteiger partial charge on any atom is 0.164 e. The summed E-state index contributed by atoms with van der Waals surface area (Å²) in [5.41, 5.74) is 10.1. The van der Waals surface area contributed by atoms with Gasteiger partial charge in [-0.25, -0.2) is 15.0 Å². The Balaban J connectivity index is 1.04. The zero-order valence-electron chi connectivity index (χ0n) is 30.4. The fraction of sp³-hybridized carbons (Fsp3) is 0. The molecule has 0 radical (unpaired) electrons. The number of fused-ring (bicyclic) bond motifs is 9. The van der Waals surface area contributed by atoms with Gasteiger partial charge in [-0.1, -0.05) is 121 Å². The predicted molar refractivity (Wildman–Crippen MR) is 236 cm³/mol. The number of para-hydroxylation sites is 1. The van der Waals surface area contributed by atoms with Crippen molar-refractivity contribution in [2.75, 3.05) is 0 Å². The van der Waals surface area contributed by atoms with Crippen molar-refractivity contribution in [1.82, 2.24) is 19.5 Å². The molecule has 4 aromatic heterocycles. The molecule has 0 atom stereocenters. The molecule has 0 saturated carbocycles. The summed E-state index contributed by atoms with van der Waals surface area (Å²) < 4.78 is 11.6. The number of rotatable bonds is 5. The Labute approximate surface area is 330 Å². The highest BCUT2D eigenvalue weighted by Crippen LogP contribution is 2.43. The van der Waals surface area contributed by atoms with E-state index in [0.29, 0.717) is 17.5 Å². The SMILES string of the molecule is c1ccc(-c2nc(-c3ccccc3)nc(-c3ccc4c(c3)oc3cccc(-c5ccc6c(c5)c5cc7c(cc5n6-c5ccccc5)sc5ccccc57)c34)n2)cc1. The van der Waals surface area contributed by atoms with Gasteiger partial charge in [0.1, 0.15) is 11.2 Å². The lowest BCUT2D eigenvalue weighted by Crippen LogP contribution is -2.00. The summed E-state index contributed by atoms with van der Waals surface area (Å²) in [5.74, 6) is 1.85. The van der Waals surface area contributed by atoms with Crippen LogP contribution in [0, 0.1) is 0 Å². The second kappa shape index (κ2) is 12.6. The topological polar surface area (TPSA) is 56.7 Å². The molecule has 5 nitrogen and oxygen atoms in total. The van der Waals surface area contributed by atoms with Crippen LogP contribution in [0.5, 0.6) is 0 Å². The van der Waals surface area contributed by atoms with E-state index in [9.17, 15) is 0 Å². The zero-order chi connectivity index (χ0) is 37.5. The van der Waals surface area contributed by atoms with Gasteiger partial charge in [0, 0.05) is 64.1 Å². The standard InChI is InChI=1S/C51H30N4OS/c1-4-13-31(14-5-1)49-52-50(32-15-6-2-7-16-32)54-51(53-49)34-23-25-38-45(28-34)56-44-21-12-20-36(48(38)44)33-24-26-42-39(27-33)40-29-41-37-19-10-11-22-46(37)57-47(41)30-43(40)55(42)35-17-8-3-9-18-35/h1-30H. The summed E-state index contributed by atoms with van der Waals surface area (Å²) in [6.07, 6.45) is 0. The van der Waals surface area contributed by atoms with E-state index < -0.39 is 0 Å². The van der Waals surface area contributed by atoms with Crippen LogP contribution < -0.4 is 0 Å². The monoisotopic (exact) mass is 746 g/mol. The van der Waals surface area contributed by atoms with Gasteiger partial charge in [0.15, 0.2) is 17.5 Å². The highest BCUT2D eigenvalue weighted by molar-refractivity contribution is 7.25. The van der Waals surface area contributed by atoms with Crippen LogP contribution in [0.3, 0.4) is 0 Å². The van der Waals surface area contributed by atoms with Crippen LogP contribution >= 0.6 is 11.3 Å². The van der Waals surface area contributed by atoms with Crippen molar-refractivity contribution >= 4 is 75.3 Å². The molecule has 0 aliphatic carbocycles. The molecule has 0 amide bonds. The highest BCUT2D eigenvalue weighted by atomic mass is 32.1. The molecule has 266 valence electrons. The van der Waals surface area contributed by atoms with Crippen LogP contribution in [0.15, 0.2) is 186 Å². The first-order valence-electron chi connectivity index (χ1n) is 19.0. The first-order valence-corrected chi connectivity index (χ1v) is 19.8. The van der Waals surface area contributed by atoms with E-state index in [1.807, 2.05) is 72.0 Å². The summed E-state index contributed by atoms with van der Waals surface area (Å²) in [6, 6.07) is 63.8. The van der Waals surface area contributed by atoms with E-state index in [2.05, 4.69) is 126 Å². The maximum atomic E-state index is 6.63. The van der Waals surface area contributed by atoms with Crippen molar-refractivity contribution in [3.05, 3.63) is 182 Å². The second-order valence-electron chi connectivity index (χ2n) is 14.4. The molecule has 0 spiro atoms. The van der Waals surface area contributed by atoms with Gasteiger partial charge in [-0.05, 0) is 71.8 Å². The second-order valence-corrected chi connectivity index (χ2v) is 15.5. The number of aromatic nitrogens is 4. The van der Waals surface area contributed by atoms with E-state index >= 15 is 0 Å².